The molecular formula is C15H19NO3. The lowest BCUT2D eigenvalue weighted by Crippen LogP contribution is -1.99. The Kier molecular flexibility index (Phi) is 4.98. The maximum atomic E-state index is 8.89. The van der Waals surface area contributed by atoms with Gasteiger partial charge in [0, 0.05) is 19.4 Å². The van der Waals surface area contributed by atoms with Gasteiger partial charge in [0.05, 0.1) is 12.3 Å². The van der Waals surface area contributed by atoms with E-state index >= 15 is 0 Å². The van der Waals surface area contributed by atoms with Crippen molar-refractivity contribution in [1.82, 2.24) is 4.98 Å². The number of benzene rings is 1. The summed E-state index contributed by atoms with van der Waals surface area (Å²) in [6, 6.07) is 9.75. The van der Waals surface area contributed by atoms with E-state index < -0.39 is 0 Å². The topological polar surface area (TPSA) is 55.5 Å². The Morgan fingerprint density at radius 1 is 1.21 bits per heavy atom. The van der Waals surface area contributed by atoms with Crippen molar-refractivity contribution in [3.05, 3.63) is 47.7 Å². The van der Waals surface area contributed by atoms with Crippen molar-refractivity contribution in [2.45, 2.75) is 26.2 Å². The Morgan fingerprint density at radius 3 is 2.74 bits per heavy atom. The van der Waals surface area contributed by atoms with Crippen LogP contribution in [0.5, 0.6) is 5.75 Å². The summed E-state index contributed by atoms with van der Waals surface area (Å²) in [6.45, 7) is 2.62. The van der Waals surface area contributed by atoms with Crippen molar-refractivity contribution in [1.29, 1.82) is 0 Å². The summed E-state index contributed by atoms with van der Waals surface area (Å²) in [6.07, 6.45) is 2.16. The summed E-state index contributed by atoms with van der Waals surface area (Å²) in [5, 5.41) is 8.89. The minimum absolute atomic E-state index is 0.101. The molecule has 4 nitrogen and oxygen atoms in total. The number of hydrogen-bond donors (Lipinski definition) is 1. The number of aliphatic hydroxyl groups is 1. The number of rotatable bonds is 7. The Bertz CT molecular complexity index is 493. The lowest BCUT2D eigenvalue weighted by atomic mass is 10.3. The molecule has 19 heavy (non-hydrogen) atoms. The smallest absolute Gasteiger partial charge is 0.194 e. The first-order chi connectivity index (χ1) is 9.29. The first kappa shape index (κ1) is 13.6. The van der Waals surface area contributed by atoms with Gasteiger partial charge in [0.1, 0.15) is 11.5 Å². The monoisotopic (exact) mass is 261 g/mol. The third kappa shape index (κ3) is 4.10. The predicted molar refractivity (Wildman–Crippen MR) is 72.3 cm³/mol. The molecule has 0 saturated heterocycles. The van der Waals surface area contributed by atoms with E-state index in [1.165, 1.54) is 0 Å². The molecule has 0 bridgehead atoms. The van der Waals surface area contributed by atoms with Crippen molar-refractivity contribution in [3.8, 4) is 5.75 Å². The minimum Gasteiger partial charge on any atom is -0.494 e. The molecule has 0 fully saturated rings. The number of para-hydroxylation sites is 1. The summed E-state index contributed by atoms with van der Waals surface area (Å²) < 4.78 is 11.1. The highest BCUT2D eigenvalue weighted by Gasteiger charge is 2.08. The van der Waals surface area contributed by atoms with Gasteiger partial charge in [-0.2, -0.15) is 0 Å². The molecule has 0 spiro atoms. The van der Waals surface area contributed by atoms with Gasteiger partial charge in [-0.25, -0.2) is 4.98 Å². The normalized spacial score (nSPS) is 10.6. The molecule has 0 unspecified atom stereocenters. The molecule has 1 heterocycles. The second-order valence-electron chi connectivity index (χ2n) is 4.35. The quantitative estimate of drug-likeness (QED) is 0.778. The molecule has 1 N–H and O–H groups in total. The van der Waals surface area contributed by atoms with Gasteiger partial charge < -0.3 is 14.3 Å². The van der Waals surface area contributed by atoms with E-state index in [0.29, 0.717) is 13.0 Å². The molecule has 2 aromatic rings. The first-order valence-corrected chi connectivity index (χ1v) is 6.53. The Hall–Kier alpha value is -1.81. The van der Waals surface area contributed by atoms with E-state index in [1.807, 2.05) is 37.3 Å². The minimum atomic E-state index is 0.101. The Balaban J connectivity index is 1.75. The maximum Gasteiger partial charge on any atom is 0.194 e. The second kappa shape index (κ2) is 6.95. The third-order valence-electron chi connectivity index (χ3n) is 2.83. The molecule has 0 radical (unpaired) electrons. The van der Waals surface area contributed by atoms with Crippen LogP contribution in [0.25, 0.3) is 0 Å². The lowest BCUT2D eigenvalue weighted by molar-refractivity contribution is 0.297. The lowest BCUT2D eigenvalue weighted by Gasteiger charge is -2.04. The highest BCUT2D eigenvalue weighted by molar-refractivity contribution is 5.20. The molecule has 0 amide bonds. The molecule has 0 aliphatic rings. The zero-order valence-corrected chi connectivity index (χ0v) is 11.1. The van der Waals surface area contributed by atoms with Crippen LogP contribution in [-0.2, 0) is 12.8 Å². The van der Waals surface area contributed by atoms with Gasteiger partial charge in [0.25, 0.3) is 0 Å². The summed E-state index contributed by atoms with van der Waals surface area (Å²) >= 11 is 0. The van der Waals surface area contributed by atoms with Crippen LogP contribution in [-0.4, -0.2) is 23.3 Å². The number of aryl methyl sites for hydroxylation is 2. The highest BCUT2D eigenvalue weighted by atomic mass is 16.5. The van der Waals surface area contributed by atoms with Crippen LogP contribution in [0.3, 0.4) is 0 Å². The number of aliphatic hydroxyl groups excluding tert-OH is 1. The highest BCUT2D eigenvalue weighted by Crippen LogP contribution is 2.13. The fourth-order valence-electron chi connectivity index (χ4n) is 1.86. The van der Waals surface area contributed by atoms with Crippen molar-refractivity contribution >= 4 is 0 Å². The Labute approximate surface area is 113 Å². The van der Waals surface area contributed by atoms with E-state index in [1.54, 1.807) is 0 Å². The number of hydrogen-bond acceptors (Lipinski definition) is 4. The number of aromatic nitrogens is 1. The second-order valence-corrected chi connectivity index (χ2v) is 4.35. The van der Waals surface area contributed by atoms with Gasteiger partial charge in [-0.05, 0) is 25.5 Å². The summed E-state index contributed by atoms with van der Waals surface area (Å²) in [7, 11) is 0. The van der Waals surface area contributed by atoms with Gasteiger partial charge in [0.15, 0.2) is 5.89 Å². The van der Waals surface area contributed by atoms with Crippen LogP contribution in [0, 0.1) is 6.92 Å². The van der Waals surface area contributed by atoms with E-state index in [4.69, 9.17) is 14.3 Å². The average molecular weight is 261 g/mol. The molecule has 0 aliphatic carbocycles. The fraction of sp³-hybridized carbons (Fsp3) is 0.400. The fourth-order valence-corrected chi connectivity index (χ4v) is 1.86. The third-order valence-corrected chi connectivity index (χ3v) is 2.83. The van der Waals surface area contributed by atoms with Gasteiger partial charge in [-0.15, -0.1) is 0 Å². The van der Waals surface area contributed by atoms with Crippen LogP contribution in [0.1, 0.15) is 23.8 Å². The summed E-state index contributed by atoms with van der Waals surface area (Å²) in [5.74, 6) is 2.40. The summed E-state index contributed by atoms with van der Waals surface area (Å²) in [4.78, 5) is 4.36. The zero-order chi connectivity index (χ0) is 13.5. The van der Waals surface area contributed by atoms with Gasteiger partial charge in [-0.1, -0.05) is 18.2 Å². The summed E-state index contributed by atoms with van der Waals surface area (Å²) in [5.41, 5.74) is 0.849. The number of ether oxygens (including phenoxy) is 1. The molecule has 0 aliphatic heterocycles. The maximum absolute atomic E-state index is 8.89. The van der Waals surface area contributed by atoms with Crippen molar-refractivity contribution < 1.29 is 14.3 Å². The van der Waals surface area contributed by atoms with Crippen molar-refractivity contribution in [3.63, 3.8) is 0 Å². The molecule has 1 aromatic heterocycles. The largest absolute Gasteiger partial charge is 0.494 e. The SMILES string of the molecule is Cc1oc(CCCOc2ccccc2)nc1CCO. The molecule has 4 heteroatoms. The van der Waals surface area contributed by atoms with Gasteiger partial charge >= 0.3 is 0 Å². The number of oxazole rings is 1. The van der Waals surface area contributed by atoms with Crippen LogP contribution in [0.15, 0.2) is 34.7 Å². The molecule has 0 saturated carbocycles. The molecular weight excluding hydrogens is 242 g/mol. The standard InChI is InChI=1S/C15H19NO3/c1-12-14(9-10-17)16-15(19-12)8-5-11-18-13-6-3-2-4-7-13/h2-4,6-7,17H,5,8-11H2,1H3. The van der Waals surface area contributed by atoms with Crippen molar-refractivity contribution in [2.75, 3.05) is 13.2 Å². The van der Waals surface area contributed by atoms with Crippen LogP contribution in [0.2, 0.25) is 0 Å². The molecule has 1 aromatic carbocycles. The van der Waals surface area contributed by atoms with Crippen LogP contribution in [0.4, 0.5) is 0 Å². The molecule has 2 rings (SSSR count). The van der Waals surface area contributed by atoms with Crippen LogP contribution >= 0.6 is 0 Å². The molecule has 0 atom stereocenters. The van der Waals surface area contributed by atoms with Gasteiger partial charge in [0.2, 0.25) is 0 Å². The predicted octanol–water partition coefficient (Wildman–Crippen LogP) is 2.53. The van der Waals surface area contributed by atoms with Gasteiger partial charge in [-0.3, -0.25) is 0 Å². The first-order valence-electron chi connectivity index (χ1n) is 6.53. The number of nitrogens with zero attached hydrogens (tertiary/aromatic N) is 1. The molecule has 102 valence electrons. The van der Waals surface area contributed by atoms with E-state index in [2.05, 4.69) is 4.98 Å². The van der Waals surface area contributed by atoms with E-state index in [9.17, 15) is 0 Å². The van der Waals surface area contributed by atoms with Crippen LogP contribution < -0.4 is 4.74 Å². The van der Waals surface area contributed by atoms with E-state index in [-0.39, 0.29) is 6.61 Å². The van der Waals surface area contributed by atoms with Crippen molar-refractivity contribution in [2.24, 2.45) is 0 Å². The Morgan fingerprint density at radius 2 is 2.00 bits per heavy atom. The average Bonchev–Trinajstić information content (AvgIpc) is 2.77. The van der Waals surface area contributed by atoms with E-state index in [0.717, 1.165) is 35.9 Å². The zero-order valence-electron chi connectivity index (χ0n) is 11.1.